The zero-order valence-electron chi connectivity index (χ0n) is 10.6. The van der Waals surface area contributed by atoms with Crippen LogP contribution in [0.25, 0.3) is 0 Å². The summed E-state index contributed by atoms with van der Waals surface area (Å²) in [6.45, 7) is 0. The molecule has 2 aliphatic rings. The monoisotopic (exact) mass is 281 g/mol. The van der Waals surface area contributed by atoms with Gasteiger partial charge in [-0.3, -0.25) is 9.59 Å². The highest BCUT2D eigenvalue weighted by Crippen LogP contribution is 2.45. The summed E-state index contributed by atoms with van der Waals surface area (Å²) in [7, 11) is 0. The topological polar surface area (TPSA) is 57.6 Å². The van der Waals surface area contributed by atoms with Crippen LogP contribution < -0.4 is 0 Å². The van der Waals surface area contributed by atoms with Gasteiger partial charge in [-0.2, -0.15) is 0 Å². The Morgan fingerprint density at radius 1 is 1.30 bits per heavy atom. The number of carbonyl (C=O) groups excluding carboxylic acids is 1. The molecular formula is C14H13F2NO3. The zero-order chi connectivity index (χ0) is 14.4. The number of aliphatic carboxylic acids is 1. The molecule has 0 aromatic heterocycles. The van der Waals surface area contributed by atoms with Crippen LogP contribution in [-0.4, -0.2) is 27.9 Å². The van der Waals surface area contributed by atoms with Gasteiger partial charge in [0.15, 0.2) is 11.6 Å². The van der Waals surface area contributed by atoms with E-state index in [4.69, 9.17) is 0 Å². The second-order valence-electron chi connectivity index (χ2n) is 5.27. The van der Waals surface area contributed by atoms with Crippen LogP contribution in [0.4, 0.5) is 8.78 Å². The summed E-state index contributed by atoms with van der Waals surface area (Å²) >= 11 is 0. The van der Waals surface area contributed by atoms with Gasteiger partial charge in [-0.15, -0.1) is 0 Å². The minimum atomic E-state index is -1.16. The van der Waals surface area contributed by atoms with E-state index in [0.717, 1.165) is 18.9 Å². The SMILES string of the molecule is O=C(O)C1CC(=O)N(C2CC2)C1c1cccc(F)c1F. The number of likely N-dealkylation sites (tertiary alicyclic amines) is 1. The summed E-state index contributed by atoms with van der Waals surface area (Å²) in [4.78, 5) is 24.7. The molecule has 3 rings (SSSR count). The number of rotatable bonds is 3. The van der Waals surface area contributed by atoms with Gasteiger partial charge in [0.1, 0.15) is 0 Å². The maximum atomic E-state index is 14.0. The second kappa shape index (κ2) is 4.54. The molecule has 1 aliphatic heterocycles. The number of carboxylic acids is 1. The van der Waals surface area contributed by atoms with E-state index in [0.29, 0.717) is 0 Å². The van der Waals surface area contributed by atoms with Crippen LogP contribution in [0, 0.1) is 17.6 Å². The third-order valence-corrected chi connectivity index (χ3v) is 3.92. The molecule has 0 radical (unpaired) electrons. The van der Waals surface area contributed by atoms with Crippen LogP contribution in [0.5, 0.6) is 0 Å². The Hall–Kier alpha value is -1.98. The predicted molar refractivity (Wildman–Crippen MR) is 64.7 cm³/mol. The first-order valence-electron chi connectivity index (χ1n) is 6.48. The van der Waals surface area contributed by atoms with Gasteiger partial charge in [0.25, 0.3) is 0 Å². The molecule has 2 fully saturated rings. The minimum Gasteiger partial charge on any atom is -0.481 e. The third kappa shape index (κ3) is 1.95. The molecular weight excluding hydrogens is 268 g/mol. The van der Waals surface area contributed by atoms with E-state index in [1.165, 1.54) is 17.0 Å². The lowest BCUT2D eigenvalue weighted by Crippen LogP contribution is -2.33. The number of nitrogens with zero attached hydrogens (tertiary/aromatic N) is 1. The number of hydrogen-bond donors (Lipinski definition) is 1. The third-order valence-electron chi connectivity index (χ3n) is 3.92. The predicted octanol–water partition coefficient (Wildman–Crippen LogP) is 2.10. The fraction of sp³-hybridized carbons (Fsp3) is 0.429. The van der Waals surface area contributed by atoms with Crippen molar-refractivity contribution < 1.29 is 23.5 Å². The van der Waals surface area contributed by atoms with Crippen LogP contribution >= 0.6 is 0 Å². The van der Waals surface area contributed by atoms with Crippen LogP contribution in [-0.2, 0) is 9.59 Å². The first-order valence-corrected chi connectivity index (χ1v) is 6.48. The Bertz CT molecular complexity index is 586. The molecule has 1 N–H and O–H groups in total. The highest BCUT2D eigenvalue weighted by atomic mass is 19.2. The first kappa shape index (κ1) is 13.0. The molecule has 1 amide bonds. The summed E-state index contributed by atoms with van der Waals surface area (Å²) in [5.41, 5.74) is -0.0462. The van der Waals surface area contributed by atoms with Gasteiger partial charge >= 0.3 is 5.97 Å². The molecule has 1 saturated carbocycles. The molecule has 4 nitrogen and oxygen atoms in total. The van der Waals surface area contributed by atoms with E-state index >= 15 is 0 Å². The lowest BCUT2D eigenvalue weighted by atomic mass is 9.93. The van der Waals surface area contributed by atoms with Gasteiger partial charge in [0, 0.05) is 18.0 Å². The first-order chi connectivity index (χ1) is 9.50. The molecule has 0 bridgehead atoms. The molecule has 0 spiro atoms. The Kier molecular flexibility index (Phi) is 2.96. The van der Waals surface area contributed by atoms with Crippen molar-refractivity contribution in [2.24, 2.45) is 5.92 Å². The van der Waals surface area contributed by atoms with Gasteiger partial charge in [-0.25, -0.2) is 8.78 Å². The van der Waals surface area contributed by atoms with Crippen LogP contribution in [0.2, 0.25) is 0 Å². The Labute approximate surface area is 114 Å². The molecule has 1 saturated heterocycles. The van der Waals surface area contributed by atoms with Gasteiger partial charge in [-0.05, 0) is 18.9 Å². The fourth-order valence-electron chi connectivity index (χ4n) is 2.88. The number of amides is 1. The van der Waals surface area contributed by atoms with Gasteiger partial charge in [0.05, 0.1) is 12.0 Å². The van der Waals surface area contributed by atoms with Gasteiger partial charge in [0.2, 0.25) is 5.91 Å². The summed E-state index contributed by atoms with van der Waals surface area (Å²) in [5, 5.41) is 9.25. The molecule has 2 atom stereocenters. The largest absolute Gasteiger partial charge is 0.481 e. The maximum Gasteiger partial charge on any atom is 0.309 e. The molecule has 106 valence electrons. The van der Waals surface area contributed by atoms with E-state index in [2.05, 4.69) is 0 Å². The quantitative estimate of drug-likeness (QED) is 0.923. The van der Waals surface area contributed by atoms with Crippen molar-refractivity contribution in [2.75, 3.05) is 0 Å². The smallest absolute Gasteiger partial charge is 0.309 e. The van der Waals surface area contributed by atoms with Crippen LogP contribution in [0.15, 0.2) is 18.2 Å². The normalized spacial score (nSPS) is 26.1. The number of benzene rings is 1. The van der Waals surface area contributed by atoms with E-state index in [1.807, 2.05) is 0 Å². The van der Waals surface area contributed by atoms with E-state index in [-0.39, 0.29) is 23.9 Å². The van der Waals surface area contributed by atoms with E-state index < -0.39 is 29.6 Å². The molecule has 1 heterocycles. The van der Waals surface area contributed by atoms with Crippen molar-refractivity contribution in [3.63, 3.8) is 0 Å². The van der Waals surface area contributed by atoms with Crippen molar-refractivity contribution in [1.29, 1.82) is 0 Å². The second-order valence-corrected chi connectivity index (χ2v) is 5.27. The Morgan fingerprint density at radius 3 is 2.60 bits per heavy atom. The van der Waals surface area contributed by atoms with Gasteiger partial charge < -0.3 is 10.0 Å². The summed E-state index contributed by atoms with van der Waals surface area (Å²) in [6, 6.07) is 2.71. The minimum absolute atomic E-state index is 0.0421. The summed E-state index contributed by atoms with van der Waals surface area (Å²) in [5.74, 6) is -4.58. The summed E-state index contributed by atoms with van der Waals surface area (Å²) < 4.78 is 27.3. The fourth-order valence-corrected chi connectivity index (χ4v) is 2.88. The summed E-state index contributed by atoms with van der Waals surface area (Å²) in [6.07, 6.45) is 1.41. The highest BCUT2D eigenvalue weighted by molar-refractivity contribution is 5.87. The number of halogens is 2. The van der Waals surface area contributed by atoms with Gasteiger partial charge in [-0.1, -0.05) is 12.1 Å². The number of carboxylic acid groups (broad SMARTS) is 1. The average molecular weight is 281 g/mol. The number of hydrogen-bond acceptors (Lipinski definition) is 2. The lowest BCUT2D eigenvalue weighted by Gasteiger charge is -2.27. The van der Waals surface area contributed by atoms with Crippen LogP contribution in [0.3, 0.4) is 0 Å². The standard InChI is InChI=1S/C14H13F2NO3/c15-10-3-1-2-8(12(10)16)13-9(14(19)20)6-11(18)17(13)7-4-5-7/h1-3,7,9,13H,4-6H2,(H,19,20). The van der Waals surface area contributed by atoms with Crippen molar-refractivity contribution in [3.8, 4) is 0 Å². The van der Waals surface area contributed by atoms with Crippen molar-refractivity contribution in [3.05, 3.63) is 35.4 Å². The average Bonchev–Trinajstić information content (AvgIpc) is 3.16. The molecule has 2 unspecified atom stereocenters. The molecule has 1 aliphatic carbocycles. The zero-order valence-corrected chi connectivity index (χ0v) is 10.6. The van der Waals surface area contributed by atoms with Crippen LogP contribution in [0.1, 0.15) is 30.9 Å². The van der Waals surface area contributed by atoms with Crippen molar-refractivity contribution in [2.45, 2.75) is 31.3 Å². The highest BCUT2D eigenvalue weighted by Gasteiger charge is 2.50. The Balaban J connectivity index is 2.07. The molecule has 1 aromatic rings. The lowest BCUT2D eigenvalue weighted by molar-refractivity contribution is -0.142. The maximum absolute atomic E-state index is 14.0. The number of carbonyl (C=O) groups is 2. The molecule has 6 heteroatoms. The van der Waals surface area contributed by atoms with Crippen molar-refractivity contribution in [1.82, 2.24) is 4.90 Å². The molecule has 1 aromatic carbocycles. The van der Waals surface area contributed by atoms with Crippen molar-refractivity contribution >= 4 is 11.9 Å². The molecule has 20 heavy (non-hydrogen) atoms. The van der Waals surface area contributed by atoms with E-state index in [9.17, 15) is 23.5 Å². The van der Waals surface area contributed by atoms with E-state index in [1.54, 1.807) is 0 Å². The Morgan fingerprint density at radius 2 is 2.00 bits per heavy atom.